The average molecular weight is 237 g/mol. The number of nitrogens with zero attached hydrogens (tertiary/aromatic N) is 3. The summed E-state index contributed by atoms with van der Waals surface area (Å²) in [6.45, 7) is 1.98. The fraction of sp³-hybridized carbons (Fsp3) is 0.0714. The first-order valence-electron chi connectivity index (χ1n) is 5.48. The molecule has 0 heterocycles. The molecule has 0 fully saturated rings. The number of hydrogen-bond acceptors (Lipinski definition) is 1. The molecular weight excluding hydrogens is 226 g/mol. The smallest absolute Gasteiger partial charge is 0.249 e. The van der Waals surface area contributed by atoms with E-state index in [1.807, 2.05) is 43.3 Å². The summed E-state index contributed by atoms with van der Waals surface area (Å²) in [5, 5.41) is 3.15. The van der Waals surface area contributed by atoms with Crippen LogP contribution in [0.1, 0.15) is 15.9 Å². The summed E-state index contributed by atoms with van der Waals surface area (Å²) in [5.41, 5.74) is 11.6. The first-order valence-corrected chi connectivity index (χ1v) is 5.48. The van der Waals surface area contributed by atoms with Crippen molar-refractivity contribution in [1.29, 1.82) is 0 Å². The van der Waals surface area contributed by atoms with Crippen molar-refractivity contribution in [3.63, 3.8) is 0 Å². The standard InChI is InChI=1S/C14H11N3O/c1-10-6-2-3-7-11(10)12-8-4-5-9-13(12)14(18)16-17-15/h2-9H,1H3. The molecule has 2 aromatic carbocycles. The van der Waals surface area contributed by atoms with Crippen LogP contribution >= 0.6 is 0 Å². The molecule has 0 aromatic heterocycles. The van der Waals surface area contributed by atoms with E-state index in [0.29, 0.717) is 5.56 Å². The van der Waals surface area contributed by atoms with Crippen LogP contribution in [0.2, 0.25) is 0 Å². The summed E-state index contributed by atoms with van der Waals surface area (Å²) in [6.07, 6.45) is 0. The largest absolute Gasteiger partial charge is 0.287 e. The van der Waals surface area contributed by atoms with Crippen LogP contribution in [0, 0.1) is 6.92 Å². The molecule has 4 nitrogen and oxygen atoms in total. The lowest BCUT2D eigenvalue weighted by molar-refractivity contribution is 0.100. The number of rotatable bonds is 2. The van der Waals surface area contributed by atoms with E-state index in [0.717, 1.165) is 16.7 Å². The number of carbonyl (C=O) groups is 1. The van der Waals surface area contributed by atoms with Gasteiger partial charge in [0.25, 0.3) is 0 Å². The molecule has 4 heteroatoms. The van der Waals surface area contributed by atoms with E-state index < -0.39 is 5.91 Å². The first kappa shape index (κ1) is 11.9. The minimum absolute atomic E-state index is 0.421. The van der Waals surface area contributed by atoms with Gasteiger partial charge < -0.3 is 0 Å². The van der Waals surface area contributed by atoms with Crippen molar-refractivity contribution in [3.05, 3.63) is 70.1 Å². The van der Waals surface area contributed by atoms with E-state index in [2.05, 4.69) is 10.0 Å². The molecule has 0 saturated carbocycles. The van der Waals surface area contributed by atoms with Crippen LogP contribution in [-0.4, -0.2) is 5.91 Å². The average Bonchev–Trinajstić information content (AvgIpc) is 2.40. The molecule has 0 spiro atoms. The molecule has 2 rings (SSSR count). The van der Waals surface area contributed by atoms with Crippen molar-refractivity contribution in [2.75, 3.05) is 0 Å². The summed E-state index contributed by atoms with van der Waals surface area (Å²) >= 11 is 0. The van der Waals surface area contributed by atoms with Crippen LogP contribution in [-0.2, 0) is 0 Å². The van der Waals surface area contributed by atoms with E-state index in [1.54, 1.807) is 12.1 Å². The number of aryl methyl sites for hydroxylation is 1. The molecule has 18 heavy (non-hydrogen) atoms. The maximum Gasteiger partial charge on any atom is 0.249 e. The van der Waals surface area contributed by atoms with Gasteiger partial charge in [0.15, 0.2) is 0 Å². The number of carbonyl (C=O) groups excluding carboxylic acids is 1. The summed E-state index contributed by atoms with van der Waals surface area (Å²) < 4.78 is 0. The van der Waals surface area contributed by atoms with Crippen molar-refractivity contribution in [1.82, 2.24) is 0 Å². The molecule has 0 atom stereocenters. The normalized spacial score (nSPS) is 9.61. The van der Waals surface area contributed by atoms with Crippen LogP contribution < -0.4 is 0 Å². The molecule has 0 N–H and O–H groups in total. The molecule has 0 radical (unpaired) electrons. The van der Waals surface area contributed by atoms with Crippen LogP contribution in [0.15, 0.2) is 53.6 Å². The third-order valence-electron chi connectivity index (χ3n) is 2.73. The number of amides is 1. The van der Waals surface area contributed by atoms with E-state index in [9.17, 15) is 4.79 Å². The minimum atomic E-state index is -0.559. The molecule has 0 aliphatic carbocycles. The fourth-order valence-corrected chi connectivity index (χ4v) is 1.87. The Kier molecular flexibility index (Phi) is 3.41. The van der Waals surface area contributed by atoms with Gasteiger partial charge >= 0.3 is 0 Å². The molecule has 2 aromatic rings. The van der Waals surface area contributed by atoms with Gasteiger partial charge in [-0.3, -0.25) is 4.79 Å². The van der Waals surface area contributed by atoms with Gasteiger partial charge in [0.2, 0.25) is 5.91 Å². The van der Waals surface area contributed by atoms with Gasteiger partial charge in [0.05, 0.1) is 0 Å². The highest BCUT2D eigenvalue weighted by Gasteiger charge is 2.11. The molecule has 0 aliphatic rings. The van der Waals surface area contributed by atoms with Crippen molar-refractivity contribution < 1.29 is 4.79 Å². The van der Waals surface area contributed by atoms with Gasteiger partial charge in [-0.05, 0) is 34.3 Å². The third kappa shape index (κ3) is 2.24. The number of hydrogen-bond donors (Lipinski definition) is 0. The van der Waals surface area contributed by atoms with E-state index in [1.165, 1.54) is 0 Å². The quantitative estimate of drug-likeness (QED) is 0.440. The SMILES string of the molecule is Cc1ccccc1-c1ccccc1C(=O)N=[N+]=[N-]. The Balaban J connectivity index is 2.62. The molecular formula is C14H11N3O. The molecule has 0 aliphatic heterocycles. The lowest BCUT2D eigenvalue weighted by Crippen LogP contribution is -1.97. The Morgan fingerprint density at radius 2 is 1.67 bits per heavy atom. The van der Waals surface area contributed by atoms with E-state index >= 15 is 0 Å². The zero-order chi connectivity index (χ0) is 13.0. The topological polar surface area (TPSA) is 65.8 Å². The molecule has 0 bridgehead atoms. The van der Waals surface area contributed by atoms with Crippen LogP contribution in [0.25, 0.3) is 21.6 Å². The second-order valence-electron chi connectivity index (χ2n) is 3.86. The van der Waals surface area contributed by atoms with Crippen LogP contribution in [0.4, 0.5) is 0 Å². The Morgan fingerprint density at radius 3 is 2.33 bits per heavy atom. The zero-order valence-corrected chi connectivity index (χ0v) is 9.87. The molecule has 1 amide bonds. The highest BCUT2D eigenvalue weighted by molar-refractivity contribution is 6.01. The van der Waals surface area contributed by atoms with Crippen molar-refractivity contribution in [3.8, 4) is 11.1 Å². The van der Waals surface area contributed by atoms with Crippen molar-refractivity contribution in [2.24, 2.45) is 5.11 Å². The minimum Gasteiger partial charge on any atom is -0.287 e. The summed E-state index contributed by atoms with van der Waals surface area (Å²) in [6, 6.07) is 14.9. The van der Waals surface area contributed by atoms with E-state index in [-0.39, 0.29) is 0 Å². The molecule has 0 unspecified atom stereocenters. The Hall–Kier alpha value is -2.58. The lowest BCUT2D eigenvalue weighted by atomic mass is 9.96. The molecule has 0 saturated heterocycles. The Bertz CT molecular complexity index is 643. The monoisotopic (exact) mass is 237 g/mol. The Labute approximate surface area is 105 Å². The van der Waals surface area contributed by atoms with Crippen molar-refractivity contribution in [2.45, 2.75) is 6.92 Å². The first-order chi connectivity index (χ1) is 8.74. The van der Waals surface area contributed by atoms with Crippen LogP contribution in [0.5, 0.6) is 0 Å². The summed E-state index contributed by atoms with van der Waals surface area (Å²) in [4.78, 5) is 14.3. The van der Waals surface area contributed by atoms with Gasteiger partial charge in [0, 0.05) is 10.5 Å². The highest BCUT2D eigenvalue weighted by atomic mass is 16.1. The van der Waals surface area contributed by atoms with Gasteiger partial charge in [-0.25, -0.2) is 0 Å². The summed E-state index contributed by atoms with van der Waals surface area (Å²) in [7, 11) is 0. The maximum absolute atomic E-state index is 11.7. The lowest BCUT2D eigenvalue weighted by Gasteiger charge is -2.09. The number of benzene rings is 2. The van der Waals surface area contributed by atoms with Crippen LogP contribution in [0.3, 0.4) is 0 Å². The zero-order valence-electron chi connectivity index (χ0n) is 9.87. The van der Waals surface area contributed by atoms with Gasteiger partial charge in [-0.1, -0.05) is 48.5 Å². The van der Waals surface area contributed by atoms with Crippen molar-refractivity contribution >= 4 is 5.91 Å². The predicted octanol–water partition coefficient (Wildman–Crippen LogP) is 4.11. The van der Waals surface area contributed by atoms with Gasteiger partial charge in [-0.15, -0.1) is 0 Å². The van der Waals surface area contributed by atoms with Gasteiger partial charge in [-0.2, -0.15) is 0 Å². The fourth-order valence-electron chi connectivity index (χ4n) is 1.87. The second-order valence-corrected chi connectivity index (χ2v) is 3.86. The highest BCUT2D eigenvalue weighted by Crippen LogP contribution is 2.27. The third-order valence-corrected chi connectivity index (χ3v) is 2.73. The predicted molar refractivity (Wildman–Crippen MR) is 70.1 cm³/mol. The summed E-state index contributed by atoms with van der Waals surface area (Å²) in [5.74, 6) is -0.559. The number of azide groups is 1. The van der Waals surface area contributed by atoms with Gasteiger partial charge in [0.1, 0.15) is 0 Å². The van der Waals surface area contributed by atoms with E-state index in [4.69, 9.17) is 5.53 Å². The second kappa shape index (κ2) is 5.17. The maximum atomic E-state index is 11.7. The molecule has 88 valence electrons. The Morgan fingerprint density at radius 1 is 1.06 bits per heavy atom.